The molecule has 0 aromatic heterocycles. The molecule has 0 spiro atoms. The summed E-state index contributed by atoms with van der Waals surface area (Å²) >= 11 is 0. The van der Waals surface area contributed by atoms with E-state index in [4.69, 9.17) is 0 Å². The normalized spacial score (nSPS) is 56.3. The predicted molar refractivity (Wildman–Crippen MR) is 140 cm³/mol. The first-order valence-corrected chi connectivity index (χ1v) is 14.9. The van der Waals surface area contributed by atoms with Crippen molar-refractivity contribution in [1.29, 1.82) is 0 Å². The minimum Gasteiger partial charge on any atom is -0.396 e. The van der Waals surface area contributed by atoms with Gasteiger partial charge in [0, 0.05) is 6.61 Å². The Hall–Kier alpha value is -0.0400. The molecular formula is C32H56O. The maximum Gasteiger partial charge on any atom is 0.0433 e. The monoisotopic (exact) mass is 456 g/mol. The molecule has 0 heterocycles. The van der Waals surface area contributed by atoms with Gasteiger partial charge in [-0.1, -0.05) is 55.4 Å². The molecule has 1 heteroatoms. The van der Waals surface area contributed by atoms with Gasteiger partial charge in [-0.2, -0.15) is 0 Å². The number of aliphatic hydroxyl groups is 1. The lowest BCUT2D eigenvalue weighted by Crippen LogP contribution is -2.66. The molecule has 11 atom stereocenters. The van der Waals surface area contributed by atoms with Gasteiger partial charge in [-0.25, -0.2) is 0 Å². The average molecular weight is 457 g/mol. The number of aliphatic hydroxyl groups excluding tert-OH is 1. The van der Waals surface area contributed by atoms with Crippen LogP contribution >= 0.6 is 0 Å². The van der Waals surface area contributed by atoms with Crippen molar-refractivity contribution in [2.45, 2.75) is 126 Å². The molecule has 5 aliphatic carbocycles. The van der Waals surface area contributed by atoms with Gasteiger partial charge in [0.2, 0.25) is 0 Å². The van der Waals surface area contributed by atoms with Gasteiger partial charge in [-0.15, -0.1) is 0 Å². The van der Waals surface area contributed by atoms with Gasteiger partial charge in [0.1, 0.15) is 0 Å². The standard InChI is InChI=1S/C32H56O/c1-21-19-28(3,4)25-13-17-32(8)27(30(25,6)20-21)10-9-26-29(5)15-11-23(22(2)14-18-33)24(29)12-16-31(26,32)7/h21-27,33H,9-20H2,1-8H3/t21?,22?,23?,24?,25?,26?,27?,29-,30-,31+,32+/m0/s1. The summed E-state index contributed by atoms with van der Waals surface area (Å²) in [5.74, 6) is 6.07. The first-order valence-electron chi connectivity index (χ1n) is 14.9. The minimum absolute atomic E-state index is 0.372. The Morgan fingerprint density at radius 2 is 1.33 bits per heavy atom. The zero-order valence-corrected chi connectivity index (χ0v) is 23.5. The van der Waals surface area contributed by atoms with Crippen LogP contribution in [0.25, 0.3) is 0 Å². The van der Waals surface area contributed by atoms with Crippen LogP contribution in [0.3, 0.4) is 0 Å². The Bertz CT molecular complexity index is 756. The number of fused-ring (bicyclic) bond motifs is 7. The van der Waals surface area contributed by atoms with E-state index >= 15 is 0 Å². The van der Waals surface area contributed by atoms with Crippen LogP contribution in [-0.4, -0.2) is 11.7 Å². The Kier molecular flexibility index (Phi) is 5.77. The summed E-state index contributed by atoms with van der Waals surface area (Å²) in [7, 11) is 0. The van der Waals surface area contributed by atoms with Crippen molar-refractivity contribution in [3.8, 4) is 0 Å². The summed E-state index contributed by atoms with van der Waals surface area (Å²) in [5.41, 5.74) is 2.60. The quantitative estimate of drug-likeness (QED) is 0.450. The van der Waals surface area contributed by atoms with Gasteiger partial charge in [-0.3, -0.25) is 0 Å². The van der Waals surface area contributed by atoms with Gasteiger partial charge in [0.05, 0.1) is 0 Å². The van der Waals surface area contributed by atoms with E-state index in [1.807, 2.05) is 0 Å². The molecule has 5 aliphatic rings. The lowest BCUT2D eigenvalue weighted by atomic mass is 9.31. The fourth-order valence-electron chi connectivity index (χ4n) is 13.1. The van der Waals surface area contributed by atoms with Crippen LogP contribution in [0.15, 0.2) is 0 Å². The van der Waals surface area contributed by atoms with Gasteiger partial charge in [-0.05, 0) is 139 Å². The summed E-state index contributed by atoms with van der Waals surface area (Å²) in [4.78, 5) is 0. The van der Waals surface area contributed by atoms with Crippen LogP contribution in [0.5, 0.6) is 0 Å². The van der Waals surface area contributed by atoms with E-state index in [1.165, 1.54) is 64.2 Å². The Morgan fingerprint density at radius 3 is 1.97 bits per heavy atom. The van der Waals surface area contributed by atoms with Crippen molar-refractivity contribution in [2.75, 3.05) is 6.61 Å². The van der Waals surface area contributed by atoms with Crippen LogP contribution in [0, 0.1) is 68.5 Å². The molecule has 0 aromatic carbocycles. The summed E-state index contributed by atoms with van der Waals surface area (Å²) in [6.45, 7) is 21.7. The highest BCUT2D eigenvalue weighted by atomic mass is 16.3. The van der Waals surface area contributed by atoms with Gasteiger partial charge in [0.15, 0.2) is 0 Å². The highest BCUT2D eigenvalue weighted by Gasteiger charge is 2.70. The fourth-order valence-corrected chi connectivity index (χ4v) is 13.1. The summed E-state index contributed by atoms with van der Waals surface area (Å²) < 4.78 is 0. The summed E-state index contributed by atoms with van der Waals surface area (Å²) in [6, 6.07) is 0. The van der Waals surface area contributed by atoms with E-state index in [1.54, 1.807) is 0 Å². The van der Waals surface area contributed by atoms with E-state index in [9.17, 15) is 5.11 Å². The first kappa shape index (κ1) is 24.6. The Morgan fingerprint density at radius 1 is 0.727 bits per heavy atom. The van der Waals surface area contributed by atoms with Gasteiger partial charge >= 0.3 is 0 Å². The third-order valence-corrected chi connectivity index (χ3v) is 14.2. The summed E-state index contributed by atoms with van der Waals surface area (Å²) in [6.07, 6.45) is 15.6. The van der Waals surface area contributed by atoms with Crippen LogP contribution in [0.2, 0.25) is 0 Å². The molecule has 5 fully saturated rings. The fraction of sp³-hybridized carbons (Fsp3) is 1.00. The largest absolute Gasteiger partial charge is 0.396 e. The molecule has 7 unspecified atom stereocenters. The van der Waals surface area contributed by atoms with E-state index in [-0.39, 0.29) is 0 Å². The van der Waals surface area contributed by atoms with Crippen LogP contribution in [0.4, 0.5) is 0 Å². The summed E-state index contributed by atoms with van der Waals surface area (Å²) in [5, 5.41) is 9.62. The third-order valence-electron chi connectivity index (χ3n) is 14.2. The van der Waals surface area contributed by atoms with Crippen LogP contribution < -0.4 is 0 Å². The predicted octanol–water partition coefficient (Wildman–Crippen LogP) is 8.74. The molecule has 190 valence electrons. The lowest BCUT2D eigenvalue weighted by Gasteiger charge is -2.73. The van der Waals surface area contributed by atoms with E-state index in [0.29, 0.717) is 39.6 Å². The average Bonchev–Trinajstić information content (AvgIpc) is 3.04. The molecule has 0 aromatic rings. The first-order chi connectivity index (χ1) is 15.3. The topological polar surface area (TPSA) is 20.2 Å². The van der Waals surface area contributed by atoms with Gasteiger partial charge in [0.25, 0.3) is 0 Å². The zero-order valence-electron chi connectivity index (χ0n) is 23.5. The van der Waals surface area contributed by atoms with Crippen molar-refractivity contribution >= 4 is 0 Å². The molecule has 33 heavy (non-hydrogen) atoms. The Balaban J connectivity index is 1.48. The Labute approximate surface area is 206 Å². The minimum atomic E-state index is 0.372. The molecule has 1 nitrogen and oxygen atoms in total. The molecule has 5 saturated carbocycles. The molecule has 0 aliphatic heterocycles. The second-order valence-electron chi connectivity index (χ2n) is 16.0. The maximum atomic E-state index is 9.62. The van der Waals surface area contributed by atoms with Crippen molar-refractivity contribution < 1.29 is 5.11 Å². The van der Waals surface area contributed by atoms with Crippen LogP contribution in [-0.2, 0) is 0 Å². The van der Waals surface area contributed by atoms with Crippen molar-refractivity contribution in [1.82, 2.24) is 0 Å². The maximum absolute atomic E-state index is 9.62. The van der Waals surface area contributed by atoms with Gasteiger partial charge < -0.3 is 5.11 Å². The molecular weight excluding hydrogens is 400 g/mol. The second-order valence-corrected chi connectivity index (χ2v) is 16.0. The zero-order chi connectivity index (χ0) is 24.0. The molecule has 0 radical (unpaired) electrons. The molecule has 1 N–H and O–H groups in total. The third kappa shape index (κ3) is 3.18. The molecule has 0 saturated heterocycles. The number of hydrogen-bond donors (Lipinski definition) is 1. The number of hydrogen-bond acceptors (Lipinski definition) is 1. The molecule has 0 amide bonds. The van der Waals surface area contributed by atoms with E-state index < -0.39 is 0 Å². The smallest absolute Gasteiger partial charge is 0.0433 e. The van der Waals surface area contributed by atoms with E-state index in [0.717, 1.165) is 41.9 Å². The molecule has 5 rings (SSSR count). The number of rotatable bonds is 3. The molecule has 0 bridgehead atoms. The van der Waals surface area contributed by atoms with E-state index in [2.05, 4.69) is 55.4 Å². The van der Waals surface area contributed by atoms with Crippen molar-refractivity contribution in [3.63, 3.8) is 0 Å². The lowest BCUT2D eigenvalue weighted by molar-refractivity contribution is -0.245. The second kappa shape index (κ2) is 7.73. The van der Waals surface area contributed by atoms with Crippen molar-refractivity contribution in [3.05, 3.63) is 0 Å². The highest BCUT2D eigenvalue weighted by Crippen LogP contribution is 2.78. The van der Waals surface area contributed by atoms with Crippen molar-refractivity contribution in [2.24, 2.45) is 68.5 Å². The SMILES string of the molecule is CC1CC(C)(C)C2CC[C@]3(C)C(CCC4[C@@]5(C)CCC(C(C)CCO)C5CC[C@]43C)[C@@]2(C)C1. The van der Waals surface area contributed by atoms with Crippen LogP contribution in [0.1, 0.15) is 126 Å². The highest BCUT2D eigenvalue weighted by molar-refractivity contribution is 5.19.